The maximum atomic E-state index is 11.3. The lowest BCUT2D eigenvalue weighted by Gasteiger charge is -2.10. The van der Waals surface area contributed by atoms with E-state index >= 15 is 0 Å². The van der Waals surface area contributed by atoms with Gasteiger partial charge in [-0.15, -0.1) is 6.42 Å². The Bertz CT molecular complexity index is 460. The van der Waals surface area contributed by atoms with Crippen LogP contribution in [0.25, 0.3) is 0 Å². The van der Waals surface area contributed by atoms with Crippen LogP contribution >= 0.6 is 0 Å². The minimum atomic E-state index is -0.204. The topological polar surface area (TPSA) is 44.8 Å². The zero-order chi connectivity index (χ0) is 14.1. The summed E-state index contributed by atoms with van der Waals surface area (Å²) in [5.74, 6) is 3.40. The van der Waals surface area contributed by atoms with Crippen LogP contribution < -0.4 is 9.47 Å². The SMILES string of the molecule is C#CCOc1cc(CCC(=O)OCC)ccc1OC. The molecule has 4 nitrogen and oxygen atoms in total. The number of terminal acetylenes is 1. The number of benzene rings is 1. The molecule has 0 aliphatic heterocycles. The highest BCUT2D eigenvalue weighted by atomic mass is 16.5. The van der Waals surface area contributed by atoms with Crippen molar-refractivity contribution >= 4 is 5.97 Å². The van der Waals surface area contributed by atoms with Crippen molar-refractivity contribution in [3.05, 3.63) is 23.8 Å². The molecule has 0 aliphatic carbocycles. The first kappa shape index (κ1) is 14.9. The van der Waals surface area contributed by atoms with E-state index < -0.39 is 0 Å². The van der Waals surface area contributed by atoms with Gasteiger partial charge in [-0.3, -0.25) is 4.79 Å². The summed E-state index contributed by atoms with van der Waals surface area (Å²) in [6.07, 6.45) is 6.10. The molecule has 1 aromatic carbocycles. The average molecular weight is 262 g/mol. The van der Waals surface area contributed by atoms with Gasteiger partial charge in [0, 0.05) is 6.42 Å². The van der Waals surface area contributed by atoms with Crippen molar-refractivity contribution in [2.75, 3.05) is 20.3 Å². The Balaban J connectivity index is 2.69. The maximum absolute atomic E-state index is 11.3. The molecular formula is C15H18O4. The van der Waals surface area contributed by atoms with E-state index in [1.807, 2.05) is 12.1 Å². The average Bonchev–Trinajstić information content (AvgIpc) is 2.43. The molecule has 0 saturated heterocycles. The Morgan fingerprint density at radius 2 is 2.16 bits per heavy atom. The van der Waals surface area contributed by atoms with Crippen LogP contribution in [-0.4, -0.2) is 26.3 Å². The number of aryl methyl sites for hydroxylation is 1. The van der Waals surface area contributed by atoms with Crippen LogP contribution in [0.2, 0.25) is 0 Å². The second-order valence-corrected chi connectivity index (χ2v) is 3.78. The summed E-state index contributed by atoms with van der Waals surface area (Å²) in [6.45, 7) is 2.37. The molecule has 4 heteroatoms. The monoisotopic (exact) mass is 262 g/mol. The second kappa shape index (κ2) is 8.04. The number of carbonyl (C=O) groups excluding carboxylic acids is 1. The normalized spacial score (nSPS) is 9.53. The van der Waals surface area contributed by atoms with E-state index in [1.54, 1.807) is 20.1 Å². The minimum absolute atomic E-state index is 0.178. The van der Waals surface area contributed by atoms with E-state index in [0.29, 0.717) is 30.9 Å². The zero-order valence-corrected chi connectivity index (χ0v) is 11.3. The molecule has 0 unspecified atom stereocenters. The van der Waals surface area contributed by atoms with E-state index in [0.717, 1.165) is 5.56 Å². The zero-order valence-electron chi connectivity index (χ0n) is 11.3. The lowest BCUT2D eigenvalue weighted by Crippen LogP contribution is -2.05. The summed E-state index contributed by atoms with van der Waals surface area (Å²) in [5, 5.41) is 0. The van der Waals surface area contributed by atoms with Crippen molar-refractivity contribution in [1.29, 1.82) is 0 Å². The molecule has 0 fully saturated rings. The molecule has 0 amide bonds. The highest BCUT2D eigenvalue weighted by Crippen LogP contribution is 2.28. The summed E-state index contributed by atoms with van der Waals surface area (Å²) in [5.41, 5.74) is 0.973. The molecule has 1 aromatic rings. The second-order valence-electron chi connectivity index (χ2n) is 3.78. The van der Waals surface area contributed by atoms with Gasteiger partial charge >= 0.3 is 5.97 Å². The summed E-state index contributed by atoms with van der Waals surface area (Å²) in [4.78, 5) is 11.3. The quantitative estimate of drug-likeness (QED) is 0.558. The molecule has 0 spiro atoms. The number of hydrogen-bond donors (Lipinski definition) is 0. The van der Waals surface area contributed by atoms with Crippen molar-refractivity contribution in [1.82, 2.24) is 0 Å². The molecule has 0 aliphatic rings. The third kappa shape index (κ3) is 4.92. The number of methoxy groups -OCH3 is 1. The molecule has 0 N–H and O–H groups in total. The molecule has 0 heterocycles. The highest BCUT2D eigenvalue weighted by molar-refractivity contribution is 5.69. The third-order valence-corrected chi connectivity index (χ3v) is 2.46. The number of esters is 1. The van der Waals surface area contributed by atoms with Gasteiger partial charge in [-0.25, -0.2) is 0 Å². The number of rotatable bonds is 7. The molecule has 1 rings (SSSR count). The summed E-state index contributed by atoms with van der Waals surface area (Å²) in [6, 6.07) is 5.52. The van der Waals surface area contributed by atoms with Crippen LogP contribution in [0, 0.1) is 12.3 Å². The van der Waals surface area contributed by atoms with Crippen molar-refractivity contribution in [2.24, 2.45) is 0 Å². The van der Waals surface area contributed by atoms with Crippen molar-refractivity contribution < 1.29 is 19.0 Å². The number of ether oxygens (including phenoxy) is 3. The molecule has 0 radical (unpaired) electrons. The molecule has 102 valence electrons. The maximum Gasteiger partial charge on any atom is 0.306 e. The van der Waals surface area contributed by atoms with Crippen LogP contribution in [0.15, 0.2) is 18.2 Å². The standard InChI is InChI=1S/C15H18O4/c1-4-10-19-14-11-12(6-8-13(14)17-3)7-9-15(16)18-5-2/h1,6,8,11H,5,7,9-10H2,2-3H3. The van der Waals surface area contributed by atoms with Gasteiger partial charge < -0.3 is 14.2 Å². The van der Waals surface area contributed by atoms with Crippen LogP contribution in [0.3, 0.4) is 0 Å². The molecule has 0 bridgehead atoms. The molecule has 0 atom stereocenters. The Morgan fingerprint density at radius 3 is 2.79 bits per heavy atom. The van der Waals surface area contributed by atoms with Crippen molar-refractivity contribution in [3.8, 4) is 23.8 Å². The van der Waals surface area contributed by atoms with Crippen molar-refractivity contribution in [2.45, 2.75) is 19.8 Å². The van der Waals surface area contributed by atoms with Gasteiger partial charge in [0.25, 0.3) is 0 Å². The summed E-state index contributed by atoms with van der Waals surface area (Å²) >= 11 is 0. The van der Waals surface area contributed by atoms with Gasteiger partial charge in [0.15, 0.2) is 11.5 Å². The van der Waals surface area contributed by atoms with Gasteiger partial charge in [-0.05, 0) is 31.0 Å². The van der Waals surface area contributed by atoms with E-state index in [9.17, 15) is 4.79 Å². The fourth-order valence-corrected chi connectivity index (χ4v) is 1.59. The third-order valence-electron chi connectivity index (χ3n) is 2.46. The van der Waals surface area contributed by atoms with E-state index in [4.69, 9.17) is 20.6 Å². The fourth-order valence-electron chi connectivity index (χ4n) is 1.59. The molecule has 0 saturated carbocycles. The van der Waals surface area contributed by atoms with Crippen LogP contribution in [0.5, 0.6) is 11.5 Å². The minimum Gasteiger partial charge on any atom is -0.493 e. The van der Waals surface area contributed by atoms with E-state index in [2.05, 4.69) is 5.92 Å². The van der Waals surface area contributed by atoms with Crippen LogP contribution in [-0.2, 0) is 16.0 Å². The van der Waals surface area contributed by atoms with Crippen LogP contribution in [0.1, 0.15) is 18.9 Å². The van der Waals surface area contributed by atoms with E-state index in [1.165, 1.54) is 0 Å². The lowest BCUT2D eigenvalue weighted by molar-refractivity contribution is -0.143. The molecule has 0 aromatic heterocycles. The van der Waals surface area contributed by atoms with Gasteiger partial charge in [-0.2, -0.15) is 0 Å². The Morgan fingerprint density at radius 1 is 1.37 bits per heavy atom. The largest absolute Gasteiger partial charge is 0.493 e. The van der Waals surface area contributed by atoms with Gasteiger partial charge in [-0.1, -0.05) is 12.0 Å². The Hall–Kier alpha value is -2.15. The molecular weight excluding hydrogens is 244 g/mol. The predicted octanol–water partition coefficient (Wildman–Crippen LogP) is 2.20. The van der Waals surface area contributed by atoms with Gasteiger partial charge in [0.05, 0.1) is 13.7 Å². The van der Waals surface area contributed by atoms with E-state index in [-0.39, 0.29) is 12.6 Å². The summed E-state index contributed by atoms with van der Waals surface area (Å²) < 4.78 is 15.5. The lowest BCUT2D eigenvalue weighted by atomic mass is 10.1. The first-order valence-corrected chi connectivity index (χ1v) is 6.10. The number of hydrogen-bond acceptors (Lipinski definition) is 4. The van der Waals surface area contributed by atoms with Crippen molar-refractivity contribution in [3.63, 3.8) is 0 Å². The van der Waals surface area contributed by atoms with Crippen LogP contribution in [0.4, 0.5) is 0 Å². The molecule has 19 heavy (non-hydrogen) atoms. The summed E-state index contributed by atoms with van der Waals surface area (Å²) in [7, 11) is 1.57. The fraction of sp³-hybridized carbons (Fsp3) is 0.400. The first-order chi connectivity index (χ1) is 9.21. The van der Waals surface area contributed by atoms with Gasteiger partial charge in [0.2, 0.25) is 0 Å². The smallest absolute Gasteiger partial charge is 0.306 e. The Labute approximate surface area is 113 Å². The first-order valence-electron chi connectivity index (χ1n) is 6.10. The number of carbonyl (C=O) groups is 1. The highest BCUT2D eigenvalue weighted by Gasteiger charge is 2.07. The predicted molar refractivity (Wildman–Crippen MR) is 72.3 cm³/mol. The van der Waals surface area contributed by atoms with Gasteiger partial charge in [0.1, 0.15) is 6.61 Å². The Kier molecular flexibility index (Phi) is 6.31.